The number of hydrogen-bond acceptors (Lipinski definition) is 4. The first-order valence-corrected chi connectivity index (χ1v) is 6.54. The third-order valence-corrected chi connectivity index (χ3v) is 3.07. The third-order valence-electron chi connectivity index (χ3n) is 3.07. The van der Waals surface area contributed by atoms with E-state index in [0.717, 1.165) is 12.1 Å². The largest absolute Gasteiger partial charge is 0.444 e. The van der Waals surface area contributed by atoms with E-state index in [4.69, 9.17) is 10.5 Å². The van der Waals surface area contributed by atoms with E-state index in [2.05, 4.69) is 4.98 Å². The molecule has 19 heavy (non-hydrogen) atoms. The van der Waals surface area contributed by atoms with Crippen molar-refractivity contribution < 1.29 is 9.53 Å². The van der Waals surface area contributed by atoms with E-state index in [1.807, 2.05) is 32.9 Å². The lowest BCUT2D eigenvalue weighted by Crippen LogP contribution is -2.35. The summed E-state index contributed by atoms with van der Waals surface area (Å²) in [5, 5.41) is 0. The zero-order chi connectivity index (χ0) is 14.0. The Morgan fingerprint density at radius 2 is 2.21 bits per heavy atom. The Morgan fingerprint density at radius 1 is 1.47 bits per heavy atom. The summed E-state index contributed by atoms with van der Waals surface area (Å²) in [4.78, 5) is 18.0. The Labute approximate surface area is 113 Å². The second-order valence-electron chi connectivity index (χ2n) is 5.93. The molecule has 1 atom stereocenters. The number of carbonyl (C=O) groups is 1. The maximum atomic E-state index is 12.0. The van der Waals surface area contributed by atoms with Crippen LogP contribution in [0.1, 0.15) is 38.8 Å². The number of carbonyl (C=O) groups excluding carboxylic acids is 1. The van der Waals surface area contributed by atoms with Crippen LogP contribution in [0.15, 0.2) is 18.3 Å². The van der Waals surface area contributed by atoms with Gasteiger partial charge in [0.05, 0.1) is 11.9 Å². The molecule has 0 bridgehead atoms. The summed E-state index contributed by atoms with van der Waals surface area (Å²) in [6, 6.07) is 3.77. The number of nitrogens with zero attached hydrogens (tertiary/aromatic N) is 2. The fourth-order valence-corrected chi connectivity index (χ4v) is 2.15. The number of pyridine rings is 1. The number of ether oxygens (including phenoxy) is 1. The van der Waals surface area contributed by atoms with Crippen LogP contribution in [-0.2, 0) is 4.74 Å². The minimum atomic E-state index is -0.450. The minimum Gasteiger partial charge on any atom is -0.444 e. The van der Waals surface area contributed by atoms with Crippen LogP contribution >= 0.6 is 0 Å². The van der Waals surface area contributed by atoms with Crippen molar-refractivity contribution >= 4 is 11.8 Å². The van der Waals surface area contributed by atoms with Gasteiger partial charge in [0.15, 0.2) is 0 Å². The number of amides is 1. The van der Waals surface area contributed by atoms with Gasteiger partial charge in [-0.05, 0) is 39.3 Å². The molecule has 1 amide bonds. The zero-order valence-corrected chi connectivity index (χ0v) is 11.7. The molecule has 1 fully saturated rings. The molecular weight excluding hydrogens is 242 g/mol. The molecule has 0 spiro atoms. The topological polar surface area (TPSA) is 68.5 Å². The van der Waals surface area contributed by atoms with E-state index in [-0.39, 0.29) is 12.0 Å². The van der Waals surface area contributed by atoms with Crippen LogP contribution in [0.5, 0.6) is 0 Å². The molecule has 0 aliphatic carbocycles. The van der Waals surface area contributed by atoms with E-state index in [0.29, 0.717) is 18.8 Å². The molecule has 1 aliphatic rings. The Hall–Kier alpha value is -1.78. The Kier molecular flexibility index (Phi) is 3.64. The van der Waals surface area contributed by atoms with Gasteiger partial charge < -0.3 is 15.4 Å². The highest BCUT2D eigenvalue weighted by atomic mass is 16.6. The van der Waals surface area contributed by atoms with Crippen molar-refractivity contribution in [2.45, 2.75) is 38.7 Å². The van der Waals surface area contributed by atoms with Crippen molar-refractivity contribution in [2.75, 3.05) is 18.8 Å². The summed E-state index contributed by atoms with van der Waals surface area (Å²) in [5.74, 6) is 0.271. The number of aromatic nitrogens is 1. The fourth-order valence-electron chi connectivity index (χ4n) is 2.15. The number of likely N-dealkylation sites (tertiary alicyclic amines) is 1. The quantitative estimate of drug-likeness (QED) is 0.844. The monoisotopic (exact) mass is 263 g/mol. The van der Waals surface area contributed by atoms with Crippen molar-refractivity contribution in [1.82, 2.24) is 9.88 Å². The molecule has 1 aromatic heterocycles. The molecule has 1 aliphatic heterocycles. The highest BCUT2D eigenvalue weighted by Crippen LogP contribution is 2.27. The number of nitrogen functional groups attached to an aromatic ring is 1. The van der Waals surface area contributed by atoms with Gasteiger partial charge >= 0.3 is 6.09 Å². The van der Waals surface area contributed by atoms with Crippen LogP contribution in [0, 0.1) is 0 Å². The number of nitrogens with two attached hydrogens (primary N) is 1. The molecule has 5 nitrogen and oxygen atoms in total. The summed E-state index contributed by atoms with van der Waals surface area (Å²) < 4.78 is 5.37. The van der Waals surface area contributed by atoms with Crippen molar-refractivity contribution in [2.24, 2.45) is 0 Å². The van der Waals surface area contributed by atoms with Crippen LogP contribution in [-0.4, -0.2) is 34.7 Å². The smallest absolute Gasteiger partial charge is 0.410 e. The maximum Gasteiger partial charge on any atom is 0.410 e. The molecule has 0 aromatic carbocycles. The van der Waals surface area contributed by atoms with E-state index in [1.54, 1.807) is 11.1 Å². The van der Waals surface area contributed by atoms with Gasteiger partial charge in [-0.1, -0.05) is 0 Å². The van der Waals surface area contributed by atoms with Gasteiger partial charge in [0.2, 0.25) is 0 Å². The van der Waals surface area contributed by atoms with E-state index in [1.165, 1.54) is 0 Å². The van der Waals surface area contributed by atoms with Crippen LogP contribution in [0.3, 0.4) is 0 Å². The summed E-state index contributed by atoms with van der Waals surface area (Å²) >= 11 is 0. The van der Waals surface area contributed by atoms with Gasteiger partial charge in [-0.2, -0.15) is 0 Å². The molecule has 1 aromatic rings. The van der Waals surface area contributed by atoms with Gasteiger partial charge in [-0.15, -0.1) is 0 Å². The van der Waals surface area contributed by atoms with Crippen LogP contribution < -0.4 is 5.73 Å². The molecule has 2 heterocycles. The van der Waals surface area contributed by atoms with Gasteiger partial charge in [-0.25, -0.2) is 4.79 Å². The summed E-state index contributed by atoms with van der Waals surface area (Å²) in [7, 11) is 0. The fraction of sp³-hybridized carbons (Fsp3) is 0.571. The lowest BCUT2D eigenvalue weighted by Gasteiger charge is -2.24. The first kappa shape index (κ1) is 13.6. The third kappa shape index (κ3) is 3.59. The lowest BCUT2D eigenvalue weighted by atomic mass is 10.0. The predicted molar refractivity (Wildman–Crippen MR) is 73.8 cm³/mol. The van der Waals surface area contributed by atoms with Crippen molar-refractivity contribution in [1.29, 1.82) is 0 Å². The number of anilines is 1. The predicted octanol–water partition coefficient (Wildman–Crippen LogP) is 2.39. The summed E-state index contributed by atoms with van der Waals surface area (Å²) in [6.45, 7) is 7.00. The second kappa shape index (κ2) is 5.07. The Bertz CT molecular complexity index is 451. The summed E-state index contributed by atoms with van der Waals surface area (Å²) in [6.07, 6.45) is 2.33. The molecule has 104 valence electrons. The van der Waals surface area contributed by atoms with Crippen molar-refractivity contribution in [3.63, 3.8) is 0 Å². The molecule has 0 saturated carbocycles. The maximum absolute atomic E-state index is 12.0. The van der Waals surface area contributed by atoms with Crippen LogP contribution in [0.2, 0.25) is 0 Å². The summed E-state index contributed by atoms with van der Waals surface area (Å²) in [5.41, 5.74) is 6.82. The average Bonchev–Trinajstić information content (AvgIpc) is 2.77. The molecule has 5 heteroatoms. The van der Waals surface area contributed by atoms with Crippen LogP contribution in [0.4, 0.5) is 10.5 Å². The highest BCUT2D eigenvalue weighted by molar-refractivity contribution is 5.68. The molecule has 2 N–H and O–H groups in total. The van der Waals surface area contributed by atoms with E-state index in [9.17, 15) is 4.79 Å². The van der Waals surface area contributed by atoms with Crippen LogP contribution in [0.25, 0.3) is 0 Å². The molecule has 1 unspecified atom stereocenters. The first-order chi connectivity index (χ1) is 8.85. The SMILES string of the molecule is CC(C)(C)OC(=O)N1CCC(c2ccc(N)cn2)C1. The minimum absolute atomic E-state index is 0.245. The molecular formula is C14H21N3O2. The molecule has 0 radical (unpaired) electrons. The highest BCUT2D eigenvalue weighted by Gasteiger charge is 2.30. The standard InChI is InChI=1S/C14H21N3O2/c1-14(2,3)19-13(18)17-7-6-10(9-17)12-5-4-11(15)8-16-12/h4-5,8,10H,6-7,9,15H2,1-3H3. The second-order valence-corrected chi connectivity index (χ2v) is 5.93. The molecule has 2 rings (SSSR count). The Morgan fingerprint density at radius 3 is 2.79 bits per heavy atom. The first-order valence-electron chi connectivity index (χ1n) is 6.54. The average molecular weight is 263 g/mol. The van der Waals surface area contributed by atoms with Gasteiger partial charge in [-0.3, -0.25) is 4.98 Å². The number of hydrogen-bond donors (Lipinski definition) is 1. The van der Waals surface area contributed by atoms with E-state index < -0.39 is 5.60 Å². The van der Waals surface area contributed by atoms with Crippen molar-refractivity contribution in [3.05, 3.63) is 24.0 Å². The zero-order valence-electron chi connectivity index (χ0n) is 11.7. The van der Waals surface area contributed by atoms with Gasteiger partial charge in [0.1, 0.15) is 5.60 Å². The van der Waals surface area contributed by atoms with Gasteiger partial charge in [0.25, 0.3) is 0 Å². The Balaban J connectivity index is 1.96. The van der Waals surface area contributed by atoms with Gasteiger partial charge in [0, 0.05) is 24.7 Å². The molecule has 1 saturated heterocycles. The van der Waals surface area contributed by atoms with Crippen molar-refractivity contribution in [3.8, 4) is 0 Å². The number of rotatable bonds is 1. The lowest BCUT2D eigenvalue weighted by molar-refractivity contribution is 0.0292. The van der Waals surface area contributed by atoms with E-state index >= 15 is 0 Å². The normalized spacial score (nSPS) is 19.5.